The Morgan fingerprint density at radius 1 is 1.41 bits per heavy atom. The van der Waals surface area contributed by atoms with Gasteiger partial charge in [0.15, 0.2) is 16.8 Å². The molecule has 0 bridgehead atoms. The number of ether oxygens (including phenoxy) is 2. The Morgan fingerprint density at radius 3 is 2.76 bits per heavy atom. The van der Waals surface area contributed by atoms with Gasteiger partial charge in [0.2, 0.25) is 5.89 Å². The van der Waals surface area contributed by atoms with Gasteiger partial charge in [0, 0.05) is 12.1 Å². The van der Waals surface area contributed by atoms with Crippen LogP contribution in [0.1, 0.15) is 5.89 Å². The van der Waals surface area contributed by atoms with Crippen LogP contribution in [0.4, 0.5) is 0 Å². The summed E-state index contributed by atoms with van der Waals surface area (Å²) in [5, 5.41) is 8.66. The number of carboxylic acids is 1. The first-order chi connectivity index (χ1) is 8.13. The second-order valence-electron chi connectivity index (χ2n) is 3.35. The van der Waals surface area contributed by atoms with E-state index in [0.29, 0.717) is 22.6 Å². The Kier molecular flexibility index (Phi) is 2.86. The quantitative estimate of drug-likeness (QED) is 0.867. The molecule has 0 saturated heterocycles. The minimum absolute atomic E-state index is 0.138. The number of hydrogen-bond acceptors (Lipinski definition) is 5. The van der Waals surface area contributed by atoms with E-state index in [1.54, 1.807) is 12.1 Å². The van der Waals surface area contributed by atoms with Gasteiger partial charge in [-0.3, -0.25) is 4.79 Å². The fourth-order valence-corrected chi connectivity index (χ4v) is 1.50. The lowest BCUT2D eigenvalue weighted by atomic mass is 10.3. The van der Waals surface area contributed by atoms with Gasteiger partial charge < -0.3 is 19.0 Å². The van der Waals surface area contributed by atoms with E-state index in [1.807, 2.05) is 0 Å². The summed E-state index contributed by atoms with van der Waals surface area (Å²) in [5.41, 5.74) is 0.932. The molecule has 1 aromatic heterocycles. The van der Waals surface area contributed by atoms with Crippen molar-refractivity contribution in [3.8, 4) is 11.5 Å². The monoisotopic (exact) mass is 237 g/mol. The number of rotatable bonds is 4. The molecule has 6 nitrogen and oxygen atoms in total. The molecule has 6 heteroatoms. The molecule has 1 heterocycles. The molecule has 0 unspecified atom stereocenters. The second kappa shape index (κ2) is 4.32. The molecule has 0 radical (unpaired) electrons. The molecule has 1 N–H and O–H groups in total. The molecule has 1 aromatic carbocycles. The zero-order valence-corrected chi connectivity index (χ0v) is 9.39. The lowest BCUT2D eigenvalue weighted by Crippen LogP contribution is -1.99. The Morgan fingerprint density at radius 2 is 2.18 bits per heavy atom. The molecule has 90 valence electrons. The maximum atomic E-state index is 10.6. The van der Waals surface area contributed by atoms with Gasteiger partial charge in [-0.05, 0) is 0 Å². The first-order valence-electron chi connectivity index (χ1n) is 4.87. The Bertz CT molecular complexity index is 560. The Balaban J connectivity index is 2.54. The lowest BCUT2D eigenvalue weighted by molar-refractivity contribution is -0.136. The number of benzene rings is 1. The molecular weight excluding hydrogens is 226 g/mol. The highest BCUT2D eigenvalue weighted by molar-refractivity contribution is 5.82. The van der Waals surface area contributed by atoms with Crippen LogP contribution in [-0.4, -0.2) is 30.3 Å². The highest BCUT2D eigenvalue weighted by Crippen LogP contribution is 2.31. The van der Waals surface area contributed by atoms with Crippen molar-refractivity contribution in [3.63, 3.8) is 0 Å². The second-order valence-corrected chi connectivity index (χ2v) is 3.35. The van der Waals surface area contributed by atoms with Crippen molar-refractivity contribution in [1.29, 1.82) is 0 Å². The van der Waals surface area contributed by atoms with Crippen LogP contribution in [0, 0.1) is 0 Å². The van der Waals surface area contributed by atoms with Gasteiger partial charge >= 0.3 is 5.97 Å². The maximum Gasteiger partial charge on any atom is 0.312 e. The van der Waals surface area contributed by atoms with Crippen LogP contribution < -0.4 is 9.47 Å². The molecular formula is C11H11NO5. The largest absolute Gasteiger partial charge is 0.496 e. The van der Waals surface area contributed by atoms with Crippen molar-refractivity contribution in [2.24, 2.45) is 0 Å². The fourth-order valence-electron chi connectivity index (χ4n) is 1.50. The SMILES string of the molecule is COc1cc(OC)c2nc(CC(=O)O)oc2c1. The van der Waals surface area contributed by atoms with Gasteiger partial charge in [0.05, 0.1) is 14.2 Å². The van der Waals surface area contributed by atoms with Crippen molar-refractivity contribution in [3.05, 3.63) is 18.0 Å². The van der Waals surface area contributed by atoms with Crippen molar-refractivity contribution < 1.29 is 23.8 Å². The van der Waals surface area contributed by atoms with Gasteiger partial charge in [-0.15, -0.1) is 0 Å². The van der Waals surface area contributed by atoms with Crippen LogP contribution in [0.5, 0.6) is 11.5 Å². The summed E-state index contributed by atoms with van der Waals surface area (Å²) in [4.78, 5) is 14.6. The summed E-state index contributed by atoms with van der Waals surface area (Å²) in [6.45, 7) is 0. The van der Waals surface area contributed by atoms with E-state index >= 15 is 0 Å². The van der Waals surface area contributed by atoms with Crippen molar-refractivity contribution in [2.45, 2.75) is 6.42 Å². The van der Waals surface area contributed by atoms with Crippen LogP contribution in [0.2, 0.25) is 0 Å². The van der Waals surface area contributed by atoms with Crippen molar-refractivity contribution >= 4 is 17.1 Å². The molecule has 0 aliphatic heterocycles. The fraction of sp³-hybridized carbons (Fsp3) is 0.273. The van der Waals surface area contributed by atoms with Crippen LogP contribution in [0.3, 0.4) is 0 Å². The van der Waals surface area contributed by atoms with Crippen LogP contribution >= 0.6 is 0 Å². The minimum atomic E-state index is -0.998. The number of aromatic nitrogens is 1. The first-order valence-corrected chi connectivity index (χ1v) is 4.87. The number of methoxy groups -OCH3 is 2. The number of oxazole rings is 1. The summed E-state index contributed by atoms with van der Waals surface area (Å²) in [5.74, 6) is 0.189. The number of fused-ring (bicyclic) bond motifs is 1. The van der Waals surface area contributed by atoms with Gasteiger partial charge in [0.1, 0.15) is 12.2 Å². The highest BCUT2D eigenvalue weighted by atomic mass is 16.5. The lowest BCUT2D eigenvalue weighted by Gasteiger charge is -2.03. The molecule has 0 aliphatic carbocycles. The Hall–Kier alpha value is -2.24. The Labute approximate surface area is 96.8 Å². The summed E-state index contributed by atoms with van der Waals surface area (Å²) in [7, 11) is 3.02. The van der Waals surface area contributed by atoms with E-state index in [2.05, 4.69) is 4.98 Å². The predicted molar refractivity (Wildman–Crippen MR) is 58.5 cm³/mol. The van der Waals surface area contributed by atoms with Gasteiger partial charge in [-0.2, -0.15) is 0 Å². The maximum absolute atomic E-state index is 10.6. The van der Waals surface area contributed by atoms with Crippen LogP contribution in [-0.2, 0) is 11.2 Å². The molecule has 0 saturated carbocycles. The average Bonchev–Trinajstić information content (AvgIpc) is 2.68. The van der Waals surface area contributed by atoms with Gasteiger partial charge in [-0.25, -0.2) is 4.98 Å². The number of carbonyl (C=O) groups is 1. The zero-order chi connectivity index (χ0) is 12.4. The number of aliphatic carboxylic acids is 1. The molecule has 0 amide bonds. The van der Waals surface area contributed by atoms with E-state index < -0.39 is 5.97 Å². The van der Waals surface area contributed by atoms with Crippen LogP contribution in [0.15, 0.2) is 16.5 Å². The molecule has 0 spiro atoms. The smallest absolute Gasteiger partial charge is 0.312 e. The average molecular weight is 237 g/mol. The first kappa shape index (κ1) is 11.3. The standard InChI is InChI=1S/C11H11NO5/c1-15-6-3-7(16-2)11-8(4-6)17-9(12-11)5-10(13)14/h3-4H,5H2,1-2H3,(H,13,14). The van der Waals surface area contributed by atoms with E-state index in [-0.39, 0.29) is 12.3 Å². The minimum Gasteiger partial charge on any atom is -0.496 e. The number of nitrogens with zero attached hydrogens (tertiary/aromatic N) is 1. The zero-order valence-electron chi connectivity index (χ0n) is 9.39. The summed E-state index contributed by atoms with van der Waals surface area (Å²) in [6, 6.07) is 3.30. The topological polar surface area (TPSA) is 81.8 Å². The molecule has 0 atom stereocenters. The van der Waals surface area contributed by atoms with Crippen LogP contribution in [0.25, 0.3) is 11.1 Å². The molecule has 0 aliphatic rings. The van der Waals surface area contributed by atoms with Gasteiger partial charge in [0.25, 0.3) is 0 Å². The number of carboxylic acid groups (broad SMARTS) is 1. The van der Waals surface area contributed by atoms with E-state index in [0.717, 1.165) is 0 Å². The van der Waals surface area contributed by atoms with Gasteiger partial charge in [-0.1, -0.05) is 0 Å². The third kappa shape index (κ3) is 2.15. The summed E-state index contributed by atoms with van der Waals surface area (Å²) >= 11 is 0. The molecule has 2 aromatic rings. The summed E-state index contributed by atoms with van der Waals surface area (Å²) < 4.78 is 15.5. The van der Waals surface area contributed by atoms with E-state index in [4.69, 9.17) is 19.0 Å². The summed E-state index contributed by atoms with van der Waals surface area (Å²) in [6.07, 6.45) is -0.264. The molecule has 0 fully saturated rings. The third-order valence-corrected chi connectivity index (χ3v) is 2.24. The number of hydrogen-bond donors (Lipinski definition) is 1. The van der Waals surface area contributed by atoms with E-state index in [1.165, 1.54) is 14.2 Å². The molecule has 17 heavy (non-hydrogen) atoms. The molecule has 2 rings (SSSR count). The van der Waals surface area contributed by atoms with Crippen molar-refractivity contribution in [2.75, 3.05) is 14.2 Å². The third-order valence-electron chi connectivity index (χ3n) is 2.24. The van der Waals surface area contributed by atoms with E-state index in [9.17, 15) is 4.79 Å². The van der Waals surface area contributed by atoms with Crippen molar-refractivity contribution in [1.82, 2.24) is 4.98 Å². The predicted octanol–water partition coefficient (Wildman–Crippen LogP) is 1.47. The highest BCUT2D eigenvalue weighted by Gasteiger charge is 2.14. The normalized spacial score (nSPS) is 10.5.